The van der Waals surface area contributed by atoms with Crippen LogP contribution in [0.3, 0.4) is 0 Å². The number of anilines is 2. The van der Waals surface area contributed by atoms with E-state index in [-0.39, 0.29) is 0 Å². The molecule has 3 aromatic carbocycles. The number of rotatable bonds is 2. The second kappa shape index (κ2) is 5.25. The Labute approximate surface area is 133 Å². The van der Waals surface area contributed by atoms with E-state index >= 15 is 0 Å². The summed E-state index contributed by atoms with van der Waals surface area (Å²) in [4.78, 5) is 11.0. The molecule has 0 bridgehead atoms. The SMILES string of the molecule is Cc1cc(-c2ccccc2N=O)cc2c1Nc1ccccc1O2. The minimum Gasteiger partial charge on any atom is -0.453 e. The predicted octanol–water partition coefficient (Wildman–Crippen LogP) is 5.91. The molecule has 0 saturated carbocycles. The lowest BCUT2D eigenvalue weighted by Gasteiger charge is -2.24. The molecule has 0 fully saturated rings. The Balaban J connectivity index is 1.85. The number of nitrogens with zero attached hydrogens (tertiary/aromatic N) is 1. The first-order chi connectivity index (χ1) is 11.3. The van der Waals surface area contributed by atoms with Crippen molar-refractivity contribution in [3.05, 3.63) is 71.1 Å². The molecule has 0 aliphatic carbocycles. The van der Waals surface area contributed by atoms with Crippen LogP contribution in [0.15, 0.2) is 65.8 Å². The number of aryl methyl sites for hydroxylation is 1. The Morgan fingerprint density at radius 2 is 1.74 bits per heavy atom. The van der Waals surface area contributed by atoms with Crippen LogP contribution in [0, 0.1) is 11.8 Å². The van der Waals surface area contributed by atoms with Gasteiger partial charge in [-0.25, -0.2) is 0 Å². The van der Waals surface area contributed by atoms with E-state index in [1.54, 1.807) is 12.1 Å². The molecule has 112 valence electrons. The van der Waals surface area contributed by atoms with E-state index < -0.39 is 0 Å². The molecule has 4 nitrogen and oxygen atoms in total. The molecule has 3 aromatic rings. The highest BCUT2D eigenvalue weighted by Gasteiger charge is 2.19. The third-order valence-electron chi connectivity index (χ3n) is 3.98. The van der Waals surface area contributed by atoms with Crippen molar-refractivity contribution in [1.29, 1.82) is 0 Å². The van der Waals surface area contributed by atoms with Gasteiger partial charge in [-0.1, -0.05) is 30.3 Å². The van der Waals surface area contributed by atoms with Crippen LogP contribution in [0.25, 0.3) is 11.1 Å². The molecule has 0 radical (unpaired) electrons. The topological polar surface area (TPSA) is 50.7 Å². The van der Waals surface area contributed by atoms with Gasteiger partial charge in [0.1, 0.15) is 5.69 Å². The molecule has 0 unspecified atom stereocenters. The minimum absolute atomic E-state index is 0.427. The molecule has 1 heterocycles. The summed E-state index contributed by atoms with van der Waals surface area (Å²) in [5, 5.41) is 6.52. The van der Waals surface area contributed by atoms with Crippen molar-refractivity contribution in [1.82, 2.24) is 0 Å². The van der Waals surface area contributed by atoms with Gasteiger partial charge < -0.3 is 10.1 Å². The lowest BCUT2D eigenvalue weighted by atomic mass is 9.99. The number of hydrogen-bond acceptors (Lipinski definition) is 4. The fourth-order valence-corrected chi connectivity index (χ4v) is 2.86. The first kappa shape index (κ1) is 13.5. The Morgan fingerprint density at radius 3 is 2.61 bits per heavy atom. The number of nitroso groups, excluding NO2 is 1. The molecule has 0 amide bonds. The van der Waals surface area contributed by atoms with Gasteiger partial charge in [0, 0.05) is 5.56 Å². The van der Waals surface area contributed by atoms with Crippen LogP contribution in [-0.2, 0) is 0 Å². The maximum absolute atomic E-state index is 11.0. The van der Waals surface area contributed by atoms with Crippen molar-refractivity contribution in [3.8, 4) is 22.6 Å². The zero-order chi connectivity index (χ0) is 15.8. The van der Waals surface area contributed by atoms with E-state index in [1.165, 1.54) is 0 Å². The number of fused-ring (bicyclic) bond motifs is 2. The fraction of sp³-hybridized carbons (Fsp3) is 0.0526. The monoisotopic (exact) mass is 302 g/mol. The van der Waals surface area contributed by atoms with Crippen LogP contribution in [0.4, 0.5) is 17.1 Å². The van der Waals surface area contributed by atoms with Crippen LogP contribution in [0.5, 0.6) is 11.5 Å². The summed E-state index contributed by atoms with van der Waals surface area (Å²) in [7, 11) is 0. The smallest absolute Gasteiger partial charge is 0.151 e. The maximum atomic E-state index is 11.0. The lowest BCUT2D eigenvalue weighted by Crippen LogP contribution is -2.04. The highest BCUT2D eigenvalue weighted by Crippen LogP contribution is 2.46. The summed E-state index contributed by atoms with van der Waals surface area (Å²) in [5.74, 6) is 1.54. The van der Waals surface area contributed by atoms with Crippen LogP contribution in [-0.4, -0.2) is 0 Å². The summed E-state index contributed by atoms with van der Waals surface area (Å²) < 4.78 is 6.02. The summed E-state index contributed by atoms with van der Waals surface area (Å²) in [6, 6.07) is 19.1. The molecule has 0 aromatic heterocycles. The van der Waals surface area contributed by atoms with Gasteiger partial charge >= 0.3 is 0 Å². The molecule has 23 heavy (non-hydrogen) atoms. The molecular weight excluding hydrogens is 288 g/mol. The van der Waals surface area contributed by atoms with Gasteiger partial charge in [-0.3, -0.25) is 0 Å². The fourth-order valence-electron chi connectivity index (χ4n) is 2.86. The van der Waals surface area contributed by atoms with E-state index in [0.717, 1.165) is 39.6 Å². The molecule has 1 aliphatic heterocycles. The maximum Gasteiger partial charge on any atom is 0.151 e. The van der Waals surface area contributed by atoms with Gasteiger partial charge in [0.2, 0.25) is 0 Å². The normalized spacial score (nSPS) is 11.7. The standard InChI is InChI=1S/C19H14N2O2/c1-12-10-13(14-6-2-3-7-15(14)21-22)11-18-19(12)20-16-8-4-5-9-17(16)23-18/h2-11,20H,1H3. The van der Waals surface area contributed by atoms with Gasteiger partial charge in [0.05, 0.1) is 11.4 Å². The Kier molecular flexibility index (Phi) is 3.08. The lowest BCUT2D eigenvalue weighted by molar-refractivity contribution is 0.481. The van der Waals surface area contributed by atoms with Gasteiger partial charge in [0.15, 0.2) is 11.5 Å². The zero-order valence-corrected chi connectivity index (χ0v) is 12.5. The summed E-state index contributed by atoms with van der Waals surface area (Å²) in [5.41, 5.74) is 5.09. The van der Waals surface area contributed by atoms with Crippen molar-refractivity contribution in [2.75, 3.05) is 5.32 Å². The second-order valence-electron chi connectivity index (χ2n) is 5.50. The molecular formula is C19H14N2O2. The van der Waals surface area contributed by atoms with Crippen LogP contribution < -0.4 is 10.1 Å². The third kappa shape index (κ3) is 2.25. The number of para-hydroxylation sites is 2. The number of benzene rings is 3. The first-order valence-corrected chi connectivity index (χ1v) is 7.37. The van der Waals surface area contributed by atoms with Crippen molar-refractivity contribution >= 4 is 17.1 Å². The molecule has 1 N–H and O–H groups in total. The predicted molar refractivity (Wildman–Crippen MR) is 91.9 cm³/mol. The molecule has 0 atom stereocenters. The first-order valence-electron chi connectivity index (χ1n) is 7.37. The summed E-state index contributed by atoms with van der Waals surface area (Å²) in [6.07, 6.45) is 0. The molecule has 1 aliphatic rings. The third-order valence-corrected chi connectivity index (χ3v) is 3.98. The average Bonchev–Trinajstić information content (AvgIpc) is 2.60. The van der Waals surface area contributed by atoms with Crippen LogP contribution >= 0.6 is 0 Å². The zero-order valence-electron chi connectivity index (χ0n) is 12.5. The Morgan fingerprint density at radius 1 is 0.957 bits per heavy atom. The second-order valence-corrected chi connectivity index (χ2v) is 5.50. The highest BCUT2D eigenvalue weighted by atomic mass is 16.5. The van der Waals surface area contributed by atoms with E-state index in [9.17, 15) is 4.91 Å². The number of ether oxygens (including phenoxy) is 1. The number of nitrogens with one attached hydrogen (secondary N) is 1. The molecule has 0 saturated heterocycles. The summed E-state index contributed by atoms with van der Waals surface area (Å²) >= 11 is 0. The Bertz CT molecular complexity index is 919. The van der Waals surface area contributed by atoms with E-state index in [4.69, 9.17) is 4.74 Å². The highest BCUT2D eigenvalue weighted by molar-refractivity contribution is 5.84. The quantitative estimate of drug-likeness (QED) is 0.468. The van der Waals surface area contributed by atoms with Gasteiger partial charge in [-0.15, -0.1) is 4.91 Å². The van der Waals surface area contributed by atoms with Gasteiger partial charge in [-0.2, -0.15) is 0 Å². The Hall–Kier alpha value is -3.14. The van der Waals surface area contributed by atoms with Crippen LogP contribution in [0.1, 0.15) is 5.56 Å². The summed E-state index contributed by atoms with van der Waals surface area (Å²) in [6.45, 7) is 2.02. The van der Waals surface area contributed by atoms with Gasteiger partial charge in [0.25, 0.3) is 0 Å². The molecule has 0 spiro atoms. The number of hydrogen-bond donors (Lipinski definition) is 1. The average molecular weight is 302 g/mol. The van der Waals surface area contributed by atoms with E-state index in [2.05, 4.69) is 10.5 Å². The van der Waals surface area contributed by atoms with Crippen molar-refractivity contribution in [2.45, 2.75) is 6.92 Å². The largest absolute Gasteiger partial charge is 0.453 e. The minimum atomic E-state index is 0.427. The molecule has 4 heteroatoms. The van der Waals surface area contributed by atoms with Gasteiger partial charge in [-0.05, 0) is 53.6 Å². The van der Waals surface area contributed by atoms with Crippen LogP contribution in [0.2, 0.25) is 0 Å². The molecule has 4 rings (SSSR count). The van der Waals surface area contributed by atoms with E-state index in [0.29, 0.717) is 5.69 Å². The van der Waals surface area contributed by atoms with Crippen molar-refractivity contribution < 1.29 is 4.74 Å². The van der Waals surface area contributed by atoms with Crippen molar-refractivity contribution in [3.63, 3.8) is 0 Å². The van der Waals surface area contributed by atoms with E-state index in [1.807, 2.05) is 55.5 Å². The van der Waals surface area contributed by atoms with Crippen molar-refractivity contribution in [2.24, 2.45) is 5.18 Å².